The Hall–Kier alpha value is -0.860. The van der Waals surface area contributed by atoms with E-state index < -0.39 is 0 Å². The molecular weight excluding hydrogens is 184 g/mol. The molecule has 1 fully saturated rings. The Labute approximate surface area is 91.9 Å². The highest BCUT2D eigenvalue weighted by Crippen LogP contribution is 2.19. The van der Waals surface area contributed by atoms with Gasteiger partial charge in [-0.1, -0.05) is 36.8 Å². The first-order valence-electron chi connectivity index (χ1n) is 5.81. The lowest BCUT2D eigenvalue weighted by molar-refractivity contribution is 0.358. The number of nitrogens with zero attached hydrogens (tertiary/aromatic N) is 1. The van der Waals surface area contributed by atoms with E-state index in [2.05, 4.69) is 29.6 Å². The molecule has 1 aliphatic heterocycles. The van der Waals surface area contributed by atoms with E-state index in [1.54, 1.807) is 0 Å². The summed E-state index contributed by atoms with van der Waals surface area (Å²) in [6.07, 6.45) is 4.19. The zero-order valence-corrected chi connectivity index (χ0v) is 9.02. The standard InChI is InChI=1S/C13H18N2/c14-13-12(8-4-5-9-15-13)10-11-6-2-1-3-7-11/h1-3,6-7,12-13,15H,4-5,8-10H2. The molecule has 0 aromatic heterocycles. The average molecular weight is 202 g/mol. The van der Waals surface area contributed by atoms with Gasteiger partial charge in [0.2, 0.25) is 0 Å². The molecule has 1 aromatic carbocycles. The first-order chi connectivity index (χ1) is 7.36. The topological polar surface area (TPSA) is 34.3 Å². The summed E-state index contributed by atoms with van der Waals surface area (Å²) in [6.45, 7) is 0.951. The predicted molar refractivity (Wildman–Crippen MR) is 61.4 cm³/mol. The molecule has 80 valence electrons. The molecule has 1 heterocycles. The van der Waals surface area contributed by atoms with Crippen LogP contribution in [0.1, 0.15) is 24.8 Å². The van der Waals surface area contributed by atoms with Gasteiger partial charge in [-0.25, -0.2) is 0 Å². The van der Waals surface area contributed by atoms with E-state index in [9.17, 15) is 5.73 Å². The molecule has 1 N–H and O–H groups in total. The lowest BCUT2D eigenvalue weighted by Gasteiger charge is -2.19. The molecular formula is C13H18N2. The van der Waals surface area contributed by atoms with E-state index in [4.69, 9.17) is 0 Å². The summed E-state index contributed by atoms with van der Waals surface area (Å²) in [4.78, 5) is 0. The molecule has 1 saturated heterocycles. The van der Waals surface area contributed by atoms with Crippen LogP contribution >= 0.6 is 0 Å². The quantitative estimate of drug-likeness (QED) is 0.782. The first-order valence-corrected chi connectivity index (χ1v) is 5.81. The predicted octanol–water partition coefficient (Wildman–Crippen LogP) is 2.01. The SMILES string of the molecule is [N]C1NCCCCC1Cc1ccccc1. The van der Waals surface area contributed by atoms with Crippen molar-refractivity contribution in [2.45, 2.75) is 31.8 Å². The molecule has 2 unspecified atom stereocenters. The molecule has 2 rings (SSSR count). The molecule has 0 bridgehead atoms. The van der Waals surface area contributed by atoms with Crippen molar-refractivity contribution in [1.29, 1.82) is 0 Å². The number of hydrogen-bond acceptors (Lipinski definition) is 1. The second kappa shape index (κ2) is 5.29. The highest BCUT2D eigenvalue weighted by atomic mass is 15.0. The third-order valence-corrected chi connectivity index (χ3v) is 3.14. The third kappa shape index (κ3) is 3.05. The van der Waals surface area contributed by atoms with E-state index in [1.807, 2.05) is 6.07 Å². The summed E-state index contributed by atoms with van der Waals surface area (Å²) in [6, 6.07) is 10.4. The number of rotatable bonds is 2. The van der Waals surface area contributed by atoms with Crippen LogP contribution < -0.4 is 11.1 Å². The maximum absolute atomic E-state index is 9.90. The van der Waals surface area contributed by atoms with Crippen LogP contribution in [-0.4, -0.2) is 12.7 Å². The zero-order chi connectivity index (χ0) is 10.5. The van der Waals surface area contributed by atoms with Crippen LogP contribution in [0.4, 0.5) is 0 Å². The van der Waals surface area contributed by atoms with Crippen molar-refractivity contribution >= 4 is 0 Å². The Balaban J connectivity index is 1.97. The lowest BCUT2D eigenvalue weighted by Crippen LogP contribution is -2.37. The van der Waals surface area contributed by atoms with Gasteiger partial charge in [0.25, 0.3) is 0 Å². The third-order valence-electron chi connectivity index (χ3n) is 3.14. The molecule has 2 nitrogen and oxygen atoms in total. The maximum Gasteiger partial charge on any atom is 0.0957 e. The van der Waals surface area contributed by atoms with Crippen molar-refractivity contribution in [3.63, 3.8) is 0 Å². The molecule has 15 heavy (non-hydrogen) atoms. The Morgan fingerprint density at radius 2 is 2.00 bits per heavy atom. The smallest absolute Gasteiger partial charge is 0.0957 e. The summed E-state index contributed by atoms with van der Waals surface area (Å²) in [5.74, 6) is 0.370. The van der Waals surface area contributed by atoms with Crippen molar-refractivity contribution in [1.82, 2.24) is 11.1 Å². The minimum Gasteiger partial charge on any atom is -0.299 e. The Bertz CT molecular complexity index is 284. The Morgan fingerprint density at radius 3 is 2.80 bits per heavy atom. The molecule has 1 aromatic rings. The van der Waals surface area contributed by atoms with Gasteiger partial charge < -0.3 is 0 Å². The second-order valence-corrected chi connectivity index (χ2v) is 4.34. The van der Waals surface area contributed by atoms with Gasteiger partial charge in [-0.2, -0.15) is 0 Å². The van der Waals surface area contributed by atoms with Gasteiger partial charge in [0, 0.05) is 0 Å². The van der Waals surface area contributed by atoms with Crippen LogP contribution in [0, 0.1) is 5.92 Å². The van der Waals surface area contributed by atoms with Gasteiger partial charge in [0.15, 0.2) is 0 Å². The summed E-state index contributed by atoms with van der Waals surface area (Å²) < 4.78 is 0. The van der Waals surface area contributed by atoms with Gasteiger partial charge in [-0.15, -0.1) is 5.73 Å². The van der Waals surface area contributed by atoms with Gasteiger partial charge in [-0.05, 0) is 37.3 Å². The normalized spacial score (nSPS) is 27.3. The zero-order valence-electron chi connectivity index (χ0n) is 9.02. The molecule has 2 radical (unpaired) electrons. The molecule has 0 spiro atoms. The highest BCUT2D eigenvalue weighted by Gasteiger charge is 2.21. The number of hydrogen-bond donors (Lipinski definition) is 1. The molecule has 0 amide bonds. The minimum absolute atomic E-state index is 0.326. The average Bonchev–Trinajstić information content (AvgIpc) is 2.46. The van der Waals surface area contributed by atoms with Crippen LogP contribution in [0.3, 0.4) is 0 Å². The van der Waals surface area contributed by atoms with Crippen molar-refractivity contribution in [2.24, 2.45) is 5.92 Å². The summed E-state index contributed by atoms with van der Waals surface area (Å²) in [5, 5.41) is 3.17. The molecule has 0 saturated carbocycles. The second-order valence-electron chi connectivity index (χ2n) is 4.34. The van der Waals surface area contributed by atoms with E-state index in [0.717, 1.165) is 19.4 Å². The van der Waals surface area contributed by atoms with Crippen LogP contribution in [0.25, 0.3) is 0 Å². The first kappa shape index (κ1) is 10.7. The van der Waals surface area contributed by atoms with Crippen LogP contribution in [0.2, 0.25) is 0 Å². The lowest BCUT2D eigenvalue weighted by atomic mass is 9.93. The fourth-order valence-electron chi connectivity index (χ4n) is 2.24. The molecule has 1 aliphatic rings. The van der Waals surface area contributed by atoms with Gasteiger partial charge >= 0.3 is 0 Å². The fraction of sp³-hybridized carbons (Fsp3) is 0.538. The van der Waals surface area contributed by atoms with Gasteiger partial charge in [0.1, 0.15) is 0 Å². The summed E-state index contributed by atoms with van der Waals surface area (Å²) in [5.41, 5.74) is 11.2. The van der Waals surface area contributed by atoms with E-state index >= 15 is 0 Å². The highest BCUT2D eigenvalue weighted by molar-refractivity contribution is 5.15. The maximum atomic E-state index is 9.90. The molecule has 2 atom stereocenters. The van der Waals surface area contributed by atoms with Crippen LogP contribution in [0.15, 0.2) is 30.3 Å². The molecule has 0 aliphatic carbocycles. The van der Waals surface area contributed by atoms with Crippen molar-refractivity contribution < 1.29 is 0 Å². The summed E-state index contributed by atoms with van der Waals surface area (Å²) in [7, 11) is 0. The Morgan fingerprint density at radius 1 is 1.20 bits per heavy atom. The number of nitrogens with one attached hydrogen (secondary N) is 1. The minimum atomic E-state index is -0.326. The van der Waals surface area contributed by atoms with Crippen molar-refractivity contribution in [3.8, 4) is 0 Å². The van der Waals surface area contributed by atoms with Crippen molar-refractivity contribution in [2.75, 3.05) is 6.54 Å². The van der Waals surface area contributed by atoms with E-state index in [0.29, 0.717) is 5.92 Å². The van der Waals surface area contributed by atoms with Gasteiger partial charge in [-0.3, -0.25) is 5.32 Å². The fourth-order valence-corrected chi connectivity index (χ4v) is 2.24. The Kier molecular flexibility index (Phi) is 3.75. The number of benzene rings is 1. The largest absolute Gasteiger partial charge is 0.299 e. The van der Waals surface area contributed by atoms with E-state index in [-0.39, 0.29) is 6.17 Å². The van der Waals surface area contributed by atoms with Crippen molar-refractivity contribution in [3.05, 3.63) is 35.9 Å². The molecule has 2 heteroatoms. The monoisotopic (exact) mass is 202 g/mol. The van der Waals surface area contributed by atoms with Gasteiger partial charge in [0.05, 0.1) is 6.17 Å². The van der Waals surface area contributed by atoms with E-state index in [1.165, 1.54) is 18.4 Å². The van der Waals surface area contributed by atoms with Crippen LogP contribution in [-0.2, 0) is 6.42 Å². The van der Waals surface area contributed by atoms with Crippen LogP contribution in [0.5, 0.6) is 0 Å². The summed E-state index contributed by atoms with van der Waals surface area (Å²) >= 11 is 0.